The van der Waals surface area contributed by atoms with Gasteiger partial charge >= 0.3 is 0 Å². The number of nitrogens with one attached hydrogen (secondary N) is 1. The molecule has 1 heterocycles. The molecule has 1 aliphatic rings. The predicted octanol–water partition coefficient (Wildman–Crippen LogP) is 3.42. The minimum atomic E-state index is -0.128. The summed E-state index contributed by atoms with van der Waals surface area (Å²) in [5.74, 6) is 1.37. The Morgan fingerprint density at radius 1 is 1.43 bits per heavy atom. The molecule has 2 aromatic rings. The van der Waals surface area contributed by atoms with E-state index in [1.807, 2.05) is 17.8 Å². The lowest BCUT2D eigenvalue weighted by Gasteiger charge is -2.11. The number of carbonyl (C=O) groups excluding carboxylic acids is 1. The first-order valence-electron chi connectivity index (χ1n) is 7.37. The smallest absolute Gasteiger partial charge is 0.287 e. The van der Waals surface area contributed by atoms with Crippen LogP contribution in [0, 0.1) is 0 Å². The Morgan fingerprint density at radius 2 is 2.29 bits per heavy atom. The van der Waals surface area contributed by atoms with E-state index >= 15 is 0 Å². The Kier molecular flexibility index (Phi) is 4.10. The SMILES string of the molecule is CCSC1CCC(NC(=O)c2cc3cc(N)ccc3o2)C1. The molecule has 1 saturated carbocycles. The number of furan rings is 1. The normalized spacial score (nSPS) is 21.8. The summed E-state index contributed by atoms with van der Waals surface area (Å²) in [5.41, 5.74) is 7.11. The Balaban J connectivity index is 1.67. The maximum Gasteiger partial charge on any atom is 0.287 e. The first-order chi connectivity index (χ1) is 10.2. The zero-order valence-corrected chi connectivity index (χ0v) is 12.9. The van der Waals surface area contributed by atoms with Crippen molar-refractivity contribution in [3.63, 3.8) is 0 Å². The molecule has 0 bridgehead atoms. The molecule has 0 aliphatic heterocycles. The number of hydrogen-bond donors (Lipinski definition) is 2. The van der Waals surface area contributed by atoms with Gasteiger partial charge in [-0.15, -0.1) is 0 Å². The fraction of sp³-hybridized carbons (Fsp3) is 0.438. The van der Waals surface area contributed by atoms with Crippen molar-refractivity contribution in [2.45, 2.75) is 37.5 Å². The van der Waals surface area contributed by atoms with Crippen LogP contribution in [0.3, 0.4) is 0 Å². The van der Waals surface area contributed by atoms with Gasteiger partial charge in [-0.05, 0) is 49.3 Å². The fourth-order valence-electron chi connectivity index (χ4n) is 2.89. The van der Waals surface area contributed by atoms with E-state index < -0.39 is 0 Å². The quantitative estimate of drug-likeness (QED) is 0.849. The second kappa shape index (κ2) is 6.02. The monoisotopic (exact) mass is 304 g/mol. The maximum absolute atomic E-state index is 12.3. The largest absolute Gasteiger partial charge is 0.451 e. The molecular formula is C16H20N2O2S. The number of nitrogens with two attached hydrogens (primary N) is 1. The molecule has 1 aliphatic carbocycles. The van der Waals surface area contributed by atoms with E-state index in [1.165, 1.54) is 6.42 Å². The highest BCUT2D eigenvalue weighted by Crippen LogP contribution is 2.30. The molecule has 4 nitrogen and oxygen atoms in total. The third kappa shape index (κ3) is 3.18. The average Bonchev–Trinajstić information content (AvgIpc) is 3.05. The van der Waals surface area contributed by atoms with Gasteiger partial charge in [-0.25, -0.2) is 0 Å². The van der Waals surface area contributed by atoms with E-state index in [4.69, 9.17) is 10.2 Å². The topological polar surface area (TPSA) is 68.3 Å². The van der Waals surface area contributed by atoms with Gasteiger partial charge in [0.05, 0.1) is 0 Å². The van der Waals surface area contributed by atoms with Gasteiger partial charge < -0.3 is 15.5 Å². The van der Waals surface area contributed by atoms with Crippen LogP contribution >= 0.6 is 11.8 Å². The molecule has 3 N–H and O–H groups in total. The third-order valence-electron chi connectivity index (χ3n) is 3.89. The van der Waals surface area contributed by atoms with E-state index in [2.05, 4.69) is 12.2 Å². The first-order valence-corrected chi connectivity index (χ1v) is 8.42. The van der Waals surface area contributed by atoms with Gasteiger partial charge in [0, 0.05) is 22.4 Å². The maximum atomic E-state index is 12.3. The fourth-order valence-corrected chi connectivity index (χ4v) is 4.03. The average molecular weight is 304 g/mol. The summed E-state index contributed by atoms with van der Waals surface area (Å²) < 4.78 is 5.60. The molecule has 1 aromatic carbocycles. The van der Waals surface area contributed by atoms with Crippen LogP contribution in [0.25, 0.3) is 11.0 Å². The second-order valence-electron chi connectivity index (χ2n) is 5.47. The van der Waals surface area contributed by atoms with Gasteiger partial charge in [-0.3, -0.25) is 4.79 Å². The second-order valence-corrected chi connectivity index (χ2v) is 7.05. The van der Waals surface area contributed by atoms with Crippen LogP contribution < -0.4 is 11.1 Å². The molecule has 1 aromatic heterocycles. The van der Waals surface area contributed by atoms with Crippen molar-refractivity contribution in [2.75, 3.05) is 11.5 Å². The number of anilines is 1. The molecule has 1 fully saturated rings. The van der Waals surface area contributed by atoms with Crippen LogP contribution in [-0.4, -0.2) is 23.0 Å². The van der Waals surface area contributed by atoms with Gasteiger partial charge in [0.2, 0.25) is 0 Å². The minimum Gasteiger partial charge on any atom is -0.451 e. The number of benzene rings is 1. The predicted molar refractivity (Wildman–Crippen MR) is 87.7 cm³/mol. The molecule has 112 valence electrons. The lowest BCUT2D eigenvalue weighted by Crippen LogP contribution is -2.32. The Bertz CT molecular complexity index is 653. The number of fused-ring (bicyclic) bond motifs is 1. The van der Waals surface area contributed by atoms with Gasteiger partial charge in [-0.2, -0.15) is 11.8 Å². The van der Waals surface area contributed by atoms with Crippen LogP contribution in [0.1, 0.15) is 36.7 Å². The molecule has 21 heavy (non-hydrogen) atoms. The molecule has 0 radical (unpaired) electrons. The van der Waals surface area contributed by atoms with Crippen molar-refractivity contribution in [2.24, 2.45) is 0 Å². The lowest BCUT2D eigenvalue weighted by molar-refractivity contribution is 0.0912. The zero-order chi connectivity index (χ0) is 14.8. The van der Waals surface area contributed by atoms with E-state index in [0.29, 0.717) is 22.3 Å². The van der Waals surface area contributed by atoms with Gasteiger partial charge in [0.1, 0.15) is 5.58 Å². The standard InChI is InChI=1S/C16H20N2O2S/c1-2-21-13-5-4-12(9-13)18-16(19)15-8-10-7-11(17)3-6-14(10)20-15/h3,6-8,12-13H,2,4-5,9,17H2,1H3,(H,18,19). The van der Waals surface area contributed by atoms with E-state index in [0.717, 1.165) is 24.0 Å². The number of rotatable bonds is 4. The number of thioether (sulfide) groups is 1. The van der Waals surface area contributed by atoms with E-state index in [-0.39, 0.29) is 11.9 Å². The molecule has 0 saturated heterocycles. The van der Waals surface area contributed by atoms with Gasteiger partial charge in [-0.1, -0.05) is 6.92 Å². The van der Waals surface area contributed by atoms with Crippen molar-refractivity contribution in [3.8, 4) is 0 Å². The summed E-state index contributed by atoms with van der Waals surface area (Å²) >= 11 is 1.98. The number of carbonyl (C=O) groups is 1. The van der Waals surface area contributed by atoms with Crippen LogP contribution in [0.5, 0.6) is 0 Å². The molecule has 2 atom stereocenters. The van der Waals surface area contributed by atoms with E-state index in [9.17, 15) is 4.79 Å². The molecule has 5 heteroatoms. The van der Waals surface area contributed by atoms with Crippen molar-refractivity contribution in [3.05, 3.63) is 30.0 Å². The van der Waals surface area contributed by atoms with E-state index in [1.54, 1.807) is 18.2 Å². The highest BCUT2D eigenvalue weighted by Gasteiger charge is 2.26. The first kappa shape index (κ1) is 14.3. The summed E-state index contributed by atoms with van der Waals surface area (Å²) in [7, 11) is 0. The Labute approximate surface area is 128 Å². The van der Waals surface area contributed by atoms with Crippen molar-refractivity contribution in [1.82, 2.24) is 5.32 Å². The lowest BCUT2D eigenvalue weighted by atomic mass is 10.2. The number of hydrogen-bond acceptors (Lipinski definition) is 4. The van der Waals surface area contributed by atoms with Crippen molar-refractivity contribution >= 4 is 34.3 Å². The Hall–Kier alpha value is -1.62. The van der Waals surface area contributed by atoms with Crippen LogP contribution in [0.2, 0.25) is 0 Å². The minimum absolute atomic E-state index is 0.128. The van der Waals surface area contributed by atoms with Crippen LogP contribution in [-0.2, 0) is 0 Å². The van der Waals surface area contributed by atoms with Gasteiger partial charge in [0.25, 0.3) is 5.91 Å². The molecular weight excluding hydrogens is 284 g/mol. The zero-order valence-electron chi connectivity index (χ0n) is 12.1. The summed E-state index contributed by atoms with van der Waals surface area (Å²) in [5, 5.41) is 4.63. The molecule has 1 amide bonds. The summed E-state index contributed by atoms with van der Waals surface area (Å²) in [6, 6.07) is 7.41. The molecule has 0 spiro atoms. The summed E-state index contributed by atoms with van der Waals surface area (Å²) in [6.45, 7) is 2.18. The number of amides is 1. The summed E-state index contributed by atoms with van der Waals surface area (Å²) in [6.07, 6.45) is 3.29. The van der Waals surface area contributed by atoms with Crippen LogP contribution in [0.15, 0.2) is 28.7 Å². The molecule has 3 rings (SSSR count). The third-order valence-corrected chi connectivity index (χ3v) is 5.12. The van der Waals surface area contributed by atoms with Crippen LogP contribution in [0.4, 0.5) is 5.69 Å². The highest BCUT2D eigenvalue weighted by molar-refractivity contribution is 7.99. The van der Waals surface area contributed by atoms with Crippen molar-refractivity contribution < 1.29 is 9.21 Å². The highest BCUT2D eigenvalue weighted by atomic mass is 32.2. The summed E-state index contributed by atoms with van der Waals surface area (Å²) in [4.78, 5) is 12.3. The van der Waals surface area contributed by atoms with Gasteiger partial charge in [0.15, 0.2) is 5.76 Å². The van der Waals surface area contributed by atoms with Crippen molar-refractivity contribution in [1.29, 1.82) is 0 Å². The molecule has 2 unspecified atom stereocenters. The number of nitrogen functional groups attached to an aromatic ring is 1. The Morgan fingerprint density at radius 3 is 3.10 bits per heavy atom.